The molecule has 0 spiro atoms. The summed E-state index contributed by atoms with van der Waals surface area (Å²) in [5, 5.41) is 4.55. The average molecular weight is 288 g/mol. The zero-order chi connectivity index (χ0) is 14.8. The molecule has 4 nitrogen and oxygen atoms in total. The summed E-state index contributed by atoms with van der Waals surface area (Å²) < 4.78 is 20.4. The quantitative estimate of drug-likeness (QED) is 0.807. The van der Waals surface area contributed by atoms with Gasteiger partial charge in [-0.1, -0.05) is 12.8 Å². The minimum absolute atomic E-state index is 0.153. The summed E-state index contributed by atoms with van der Waals surface area (Å²) in [6.07, 6.45) is 7.15. The van der Waals surface area contributed by atoms with Crippen LogP contribution < -0.4 is 4.74 Å². The Morgan fingerprint density at radius 2 is 2.14 bits per heavy atom. The van der Waals surface area contributed by atoms with Crippen molar-refractivity contribution >= 4 is 6.29 Å². The van der Waals surface area contributed by atoms with Crippen LogP contribution in [0, 0.1) is 5.82 Å². The van der Waals surface area contributed by atoms with Gasteiger partial charge in [0.05, 0.1) is 18.7 Å². The molecule has 1 aromatic carbocycles. The highest BCUT2D eigenvalue weighted by atomic mass is 19.1. The van der Waals surface area contributed by atoms with E-state index in [2.05, 4.69) is 5.10 Å². The predicted molar refractivity (Wildman–Crippen MR) is 77.1 cm³/mol. The highest BCUT2D eigenvalue weighted by Gasteiger charge is 2.20. The molecule has 0 amide bonds. The molecule has 1 saturated carbocycles. The maximum Gasteiger partial charge on any atom is 0.165 e. The molecule has 1 fully saturated rings. The van der Waals surface area contributed by atoms with E-state index in [-0.39, 0.29) is 5.75 Å². The molecule has 21 heavy (non-hydrogen) atoms. The maximum absolute atomic E-state index is 13.5. The van der Waals surface area contributed by atoms with Crippen molar-refractivity contribution in [1.29, 1.82) is 0 Å². The number of aldehydes is 1. The van der Waals surface area contributed by atoms with E-state index in [9.17, 15) is 9.18 Å². The van der Waals surface area contributed by atoms with Gasteiger partial charge in [0.15, 0.2) is 17.9 Å². The topological polar surface area (TPSA) is 44.1 Å². The molecular formula is C16H17FN2O2. The maximum atomic E-state index is 13.5. The van der Waals surface area contributed by atoms with Gasteiger partial charge in [0.25, 0.3) is 0 Å². The van der Waals surface area contributed by atoms with Crippen molar-refractivity contribution < 1.29 is 13.9 Å². The Kier molecular flexibility index (Phi) is 3.73. The van der Waals surface area contributed by atoms with E-state index in [0.717, 1.165) is 19.1 Å². The molecule has 1 heterocycles. The molecule has 0 radical (unpaired) electrons. The van der Waals surface area contributed by atoms with Crippen LogP contribution in [-0.2, 0) is 0 Å². The van der Waals surface area contributed by atoms with Crippen molar-refractivity contribution in [3.05, 3.63) is 35.8 Å². The van der Waals surface area contributed by atoms with Crippen molar-refractivity contribution in [2.75, 3.05) is 7.11 Å². The summed E-state index contributed by atoms with van der Waals surface area (Å²) in [7, 11) is 1.42. The summed E-state index contributed by atoms with van der Waals surface area (Å²) in [5.41, 5.74) is 1.79. The second-order valence-corrected chi connectivity index (χ2v) is 5.32. The first-order valence-electron chi connectivity index (χ1n) is 7.11. The van der Waals surface area contributed by atoms with Gasteiger partial charge in [-0.2, -0.15) is 5.10 Å². The van der Waals surface area contributed by atoms with Crippen LogP contribution in [-0.4, -0.2) is 23.2 Å². The van der Waals surface area contributed by atoms with Gasteiger partial charge < -0.3 is 4.74 Å². The van der Waals surface area contributed by atoms with E-state index in [4.69, 9.17) is 4.74 Å². The highest BCUT2D eigenvalue weighted by molar-refractivity contribution is 5.85. The first kappa shape index (κ1) is 13.8. The molecule has 5 heteroatoms. The van der Waals surface area contributed by atoms with E-state index < -0.39 is 5.82 Å². The van der Waals surface area contributed by atoms with Crippen LogP contribution in [0.3, 0.4) is 0 Å². The van der Waals surface area contributed by atoms with E-state index in [1.165, 1.54) is 26.0 Å². The normalized spacial score (nSPS) is 15.3. The summed E-state index contributed by atoms with van der Waals surface area (Å²) in [5.74, 6) is -0.274. The Bertz CT molecular complexity index is 660. The molecule has 0 bridgehead atoms. The van der Waals surface area contributed by atoms with E-state index >= 15 is 0 Å². The van der Waals surface area contributed by atoms with Gasteiger partial charge in [0.2, 0.25) is 0 Å². The number of ether oxygens (including phenoxy) is 1. The number of hydrogen-bond donors (Lipinski definition) is 0. The molecule has 110 valence electrons. The highest BCUT2D eigenvalue weighted by Crippen LogP contribution is 2.32. The number of methoxy groups -OCH3 is 1. The first-order chi connectivity index (χ1) is 10.2. The third-order valence-electron chi connectivity index (χ3n) is 4.01. The molecule has 0 atom stereocenters. The van der Waals surface area contributed by atoms with Crippen molar-refractivity contribution in [2.24, 2.45) is 0 Å². The fraction of sp³-hybridized carbons (Fsp3) is 0.375. The van der Waals surface area contributed by atoms with Gasteiger partial charge in [-0.25, -0.2) is 4.39 Å². The lowest BCUT2D eigenvalue weighted by Gasteiger charge is -2.09. The Morgan fingerprint density at radius 3 is 2.81 bits per heavy atom. The van der Waals surface area contributed by atoms with Gasteiger partial charge >= 0.3 is 0 Å². The zero-order valence-electron chi connectivity index (χ0n) is 11.9. The van der Waals surface area contributed by atoms with E-state index in [0.29, 0.717) is 22.9 Å². The zero-order valence-corrected chi connectivity index (χ0v) is 11.9. The number of carbonyl (C=O) groups is 1. The fourth-order valence-corrected chi connectivity index (χ4v) is 2.88. The minimum Gasteiger partial charge on any atom is -0.494 e. The molecule has 0 aliphatic heterocycles. The summed E-state index contributed by atoms with van der Waals surface area (Å²) in [6.45, 7) is 0. The van der Waals surface area contributed by atoms with Crippen molar-refractivity contribution in [3.8, 4) is 17.0 Å². The van der Waals surface area contributed by atoms with Gasteiger partial charge in [0.1, 0.15) is 5.69 Å². The molecule has 3 rings (SSSR count). The fourth-order valence-electron chi connectivity index (χ4n) is 2.88. The van der Waals surface area contributed by atoms with Gasteiger partial charge in [-0.3, -0.25) is 9.48 Å². The van der Waals surface area contributed by atoms with Crippen LogP contribution >= 0.6 is 0 Å². The Hall–Kier alpha value is -2.17. The molecule has 0 N–H and O–H groups in total. The second-order valence-electron chi connectivity index (χ2n) is 5.32. The SMILES string of the molecule is COc1cc(-c2nn(C3CCCC3)cc2C=O)ccc1F. The number of rotatable bonds is 4. The number of carbonyl (C=O) groups excluding carboxylic acids is 1. The monoisotopic (exact) mass is 288 g/mol. The van der Waals surface area contributed by atoms with Crippen LogP contribution in [0.15, 0.2) is 24.4 Å². The Balaban J connectivity index is 2.02. The van der Waals surface area contributed by atoms with Crippen LogP contribution in [0.2, 0.25) is 0 Å². The van der Waals surface area contributed by atoms with Crippen LogP contribution in [0.5, 0.6) is 5.75 Å². The molecular weight excluding hydrogens is 271 g/mol. The lowest BCUT2D eigenvalue weighted by Crippen LogP contribution is -2.04. The third kappa shape index (κ3) is 2.55. The third-order valence-corrected chi connectivity index (χ3v) is 4.01. The van der Waals surface area contributed by atoms with Crippen molar-refractivity contribution in [2.45, 2.75) is 31.7 Å². The Morgan fingerprint density at radius 1 is 1.38 bits per heavy atom. The minimum atomic E-state index is -0.427. The number of hydrogen-bond acceptors (Lipinski definition) is 3. The first-order valence-corrected chi connectivity index (χ1v) is 7.11. The average Bonchev–Trinajstić information content (AvgIpc) is 3.16. The molecule has 0 saturated heterocycles. The van der Waals surface area contributed by atoms with Gasteiger partial charge in [-0.05, 0) is 31.0 Å². The number of nitrogens with zero attached hydrogens (tertiary/aromatic N) is 2. The number of benzene rings is 1. The molecule has 0 unspecified atom stereocenters. The smallest absolute Gasteiger partial charge is 0.165 e. The lowest BCUT2D eigenvalue weighted by atomic mass is 10.1. The van der Waals surface area contributed by atoms with Gasteiger partial charge in [0, 0.05) is 11.8 Å². The van der Waals surface area contributed by atoms with Crippen molar-refractivity contribution in [3.63, 3.8) is 0 Å². The van der Waals surface area contributed by atoms with Crippen LogP contribution in [0.4, 0.5) is 4.39 Å². The summed E-state index contributed by atoms with van der Waals surface area (Å²) in [6, 6.07) is 4.88. The van der Waals surface area contributed by atoms with Gasteiger partial charge in [-0.15, -0.1) is 0 Å². The lowest BCUT2D eigenvalue weighted by molar-refractivity contribution is 0.112. The van der Waals surface area contributed by atoms with Crippen LogP contribution in [0.25, 0.3) is 11.3 Å². The van der Waals surface area contributed by atoms with E-state index in [1.54, 1.807) is 18.3 Å². The van der Waals surface area contributed by atoms with Crippen LogP contribution in [0.1, 0.15) is 42.1 Å². The predicted octanol–water partition coefficient (Wildman–Crippen LogP) is 3.63. The molecule has 2 aromatic rings. The van der Waals surface area contributed by atoms with Crippen molar-refractivity contribution in [1.82, 2.24) is 9.78 Å². The standard InChI is InChI=1S/C16H17FN2O2/c1-21-15-8-11(6-7-14(15)17)16-12(10-20)9-19(18-16)13-4-2-3-5-13/h6-10,13H,2-5H2,1H3. The molecule has 1 aliphatic carbocycles. The van der Waals surface area contributed by atoms with E-state index in [1.807, 2.05) is 4.68 Å². The number of halogens is 1. The Labute approximate surface area is 122 Å². The second kappa shape index (κ2) is 5.68. The summed E-state index contributed by atoms with van der Waals surface area (Å²) >= 11 is 0. The summed E-state index contributed by atoms with van der Waals surface area (Å²) in [4.78, 5) is 11.3. The molecule has 1 aliphatic rings. The largest absolute Gasteiger partial charge is 0.494 e. The number of aromatic nitrogens is 2. The molecule has 1 aromatic heterocycles.